The molecular weight excluding hydrogens is 348 g/mol. The Balaban J connectivity index is 2.33. The Labute approximate surface area is 140 Å². The van der Waals surface area contributed by atoms with Crippen molar-refractivity contribution in [1.82, 2.24) is 10.3 Å². The minimum atomic E-state index is 0.200. The molecule has 0 aliphatic carbocycles. The summed E-state index contributed by atoms with van der Waals surface area (Å²) in [6.07, 6.45) is 2.94. The van der Waals surface area contributed by atoms with Crippen molar-refractivity contribution in [2.45, 2.75) is 32.2 Å². The number of rotatable bonds is 6. The number of benzene rings is 1. The summed E-state index contributed by atoms with van der Waals surface area (Å²) in [4.78, 5) is 4.50. The van der Waals surface area contributed by atoms with E-state index >= 15 is 0 Å². The molecule has 2 nitrogen and oxygen atoms in total. The Morgan fingerprint density at radius 2 is 2.10 bits per heavy atom. The molecule has 1 N–H and O–H groups in total. The second-order valence-electron chi connectivity index (χ2n) is 5.14. The molecule has 0 bridgehead atoms. The second-order valence-corrected chi connectivity index (χ2v) is 6.43. The lowest BCUT2D eigenvalue weighted by Crippen LogP contribution is -2.27. The summed E-state index contributed by atoms with van der Waals surface area (Å²) in [6, 6.07) is 12.2. The SMILES string of the molecule is CCCNC(c1ccc(Cl)cc1Br)C(C)c1ccccn1. The molecule has 21 heavy (non-hydrogen) atoms. The molecular formula is C17H20BrClN2. The highest BCUT2D eigenvalue weighted by molar-refractivity contribution is 9.10. The summed E-state index contributed by atoms with van der Waals surface area (Å²) < 4.78 is 1.03. The van der Waals surface area contributed by atoms with E-state index in [1.54, 1.807) is 0 Å². The smallest absolute Gasteiger partial charge is 0.0450 e. The first-order chi connectivity index (χ1) is 10.1. The Kier molecular flexibility index (Phi) is 6.22. The Bertz CT molecular complexity index is 574. The van der Waals surface area contributed by atoms with Crippen molar-refractivity contribution in [2.24, 2.45) is 0 Å². The standard InChI is InChI=1S/C17H20BrClN2/c1-3-9-21-17(12(2)16-6-4-5-10-20-16)14-8-7-13(19)11-15(14)18/h4-8,10-12,17,21H,3,9H2,1-2H3. The van der Waals surface area contributed by atoms with Gasteiger partial charge in [-0.3, -0.25) is 4.98 Å². The van der Waals surface area contributed by atoms with Crippen LogP contribution in [0.1, 0.15) is 43.5 Å². The number of aromatic nitrogens is 1. The Hall–Kier alpha value is -0.900. The number of halogens is 2. The van der Waals surface area contributed by atoms with Gasteiger partial charge in [0.15, 0.2) is 0 Å². The molecule has 112 valence electrons. The molecule has 0 fully saturated rings. The minimum absolute atomic E-state index is 0.200. The van der Waals surface area contributed by atoms with Crippen LogP contribution in [0, 0.1) is 0 Å². The van der Waals surface area contributed by atoms with E-state index in [1.165, 1.54) is 5.56 Å². The number of hydrogen-bond donors (Lipinski definition) is 1. The maximum atomic E-state index is 6.06. The van der Waals surface area contributed by atoms with Gasteiger partial charge in [0.1, 0.15) is 0 Å². The molecule has 0 aliphatic rings. The van der Waals surface area contributed by atoms with E-state index in [1.807, 2.05) is 30.5 Å². The zero-order chi connectivity index (χ0) is 15.2. The third kappa shape index (κ3) is 4.29. The predicted octanol–water partition coefficient (Wildman–Crippen LogP) is 5.34. The molecule has 0 aliphatic heterocycles. The van der Waals surface area contributed by atoms with E-state index in [0.717, 1.165) is 28.2 Å². The van der Waals surface area contributed by atoms with Crippen molar-refractivity contribution in [3.05, 3.63) is 63.3 Å². The number of hydrogen-bond acceptors (Lipinski definition) is 2. The molecule has 1 heterocycles. The van der Waals surface area contributed by atoms with Gasteiger partial charge >= 0.3 is 0 Å². The first-order valence-electron chi connectivity index (χ1n) is 7.22. The van der Waals surface area contributed by atoms with Gasteiger partial charge in [-0.05, 0) is 42.8 Å². The van der Waals surface area contributed by atoms with Crippen LogP contribution < -0.4 is 5.32 Å². The van der Waals surface area contributed by atoms with Crippen molar-refractivity contribution < 1.29 is 0 Å². The van der Waals surface area contributed by atoms with Gasteiger partial charge < -0.3 is 5.32 Å². The molecule has 0 spiro atoms. The quantitative estimate of drug-likeness (QED) is 0.745. The van der Waals surface area contributed by atoms with E-state index in [2.05, 4.69) is 52.2 Å². The number of pyridine rings is 1. The molecule has 2 rings (SSSR count). The Morgan fingerprint density at radius 3 is 2.71 bits per heavy atom. The van der Waals surface area contributed by atoms with Crippen LogP contribution in [0.25, 0.3) is 0 Å². The lowest BCUT2D eigenvalue weighted by atomic mass is 9.91. The zero-order valence-electron chi connectivity index (χ0n) is 12.3. The van der Waals surface area contributed by atoms with Gasteiger partial charge in [-0.2, -0.15) is 0 Å². The minimum Gasteiger partial charge on any atom is -0.309 e. The van der Waals surface area contributed by atoms with Crippen molar-refractivity contribution in [1.29, 1.82) is 0 Å². The highest BCUT2D eigenvalue weighted by atomic mass is 79.9. The first-order valence-corrected chi connectivity index (χ1v) is 8.39. The van der Waals surface area contributed by atoms with E-state index < -0.39 is 0 Å². The highest BCUT2D eigenvalue weighted by Gasteiger charge is 2.23. The predicted molar refractivity (Wildman–Crippen MR) is 92.8 cm³/mol. The average molecular weight is 368 g/mol. The van der Waals surface area contributed by atoms with Crippen LogP contribution in [0.15, 0.2) is 47.1 Å². The van der Waals surface area contributed by atoms with Gasteiger partial charge in [0.25, 0.3) is 0 Å². The topological polar surface area (TPSA) is 24.9 Å². The second kappa shape index (κ2) is 7.92. The summed E-state index contributed by atoms with van der Waals surface area (Å²) >= 11 is 9.70. The lowest BCUT2D eigenvalue weighted by Gasteiger charge is -2.26. The molecule has 0 radical (unpaired) electrons. The van der Waals surface area contributed by atoms with Crippen LogP contribution in [-0.2, 0) is 0 Å². The van der Waals surface area contributed by atoms with Crippen molar-refractivity contribution in [3.63, 3.8) is 0 Å². The summed E-state index contributed by atoms with van der Waals surface area (Å²) in [5.41, 5.74) is 2.30. The van der Waals surface area contributed by atoms with Crippen LogP contribution in [-0.4, -0.2) is 11.5 Å². The van der Waals surface area contributed by atoms with Gasteiger partial charge in [0.2, 0.25) is 0 Å². The highest BCUT2D eigenvalue weighted by Crippen LogP contribution is 2.35. The maximum absolute atomic E-state index is 6.06. The third-order valence-corrected chi connectivity index (χ3v) is 4.49. The van der Waals surface area contributed by atoms with Crippen LogP contribution in [0.4, 0.5) is 0 Å². The third-order valence-electron chi connectivity index (χ3n) is 3.57. The van der Waals surface area contributed by atoms with Crippen LogP contribution in [0.2, 0.25) is 5.02 Å². The fourth-order valence-electron chi connectivity index (χ4n) is 2.43. The molecule has 1 aromatic heterocycles. The van der Waals surface area contributed by atoms with Gasteiger partial charge in [0, 0.05) is 33.3 Å². The molecule has 0 saturated heterocycles. The lowest BCUT2D eigenvalue weighted by molar-refractivity contribution is 0.458. The normalized spacial score (nSPS) is 13.9. The van der Waals surface area contributed by atoms with E-state index in [4.69, 9.17) is 11.6 Å². The first kappa shape index (κ1) is 16.5. The van der Waals surface area contributed by atoms with E-state index in [9.17, 15) is 0 Å². The summed E-state index contributed by atoms with van der Waals surface area (Å²) in [5, 5.41) is 4.37. The molecule has 2 aromatic rings. The van der Waals surface area contributed by atoms with Crippen LogP contribution in [0.3, 0.4) is 0 Å². The summed E-state index contributed by atoms with van der Waals surface area (Å²) in [7, 11) is 0. The molecule has 4 heteroatoms. The van der Waals surface area contributed by atoms with Gasteiger partial charge in [-0.25, -0.2) is 0 Å². The fourth-order valence-corrected chi connectivity index (χ4v) is 3.36. The van der Waals surface area contributed by atoms with Gasteiger partial charge in [-0.15, -0.1) is 0 Å². The molecule has 0 amide bonds. The molecule has 1 aromatic carbocycles. The Morgan fingerprint density at radius 1 is 1.29 bits per heavy atom. The number of nitrogens with zero attached hydrogens (tertiary/aromatic N) is 1. The molecule has 0 saturated carbocycles. The monoisotopic (exact) mass is 366 g/mol. The van der Waals surface area contributed by atoms with E-state index in [-0.39, 0.29) is 12.0 Å². The van der Waals surface area contributed by atoms with Crippen molar-refractivity contribution in [2.75, 3.05) is 6.54 Å². The van der Waals surface area contributed by atoms with Crippen molar-refractivity contribution >= 4 is 27.5 Å². The largest absolute Gasteiger partial charge is 0.309 e. The summed E-state index contributed by atoms with van der Waals surface area (Å²) in [5.74, 6) is 0.273. The molecule has 2 unspecified atom stereocenters. The van der Waals surface area contributed by atoms with E-state index in [0.29, 0.717) is 0 Å². The van der Waals surface area contributed by atoms with Crippen molar-refractivity contribution in [3.8, 4) is 0 Å². The fraction of sp³-hybridized carbons (Fsp3) is 0.353. The maximum Gasteiger partial charge on any atom is 0.0450 e. The van der Waals surface area contributed by atoms with Gasteiger partial charge in [-0.1, -0.05) is 53.5 Å². The summed E-state index contributed by atoms with van der Waals surface area (Å²) in [6.45, 7) is 5.35. The van der Waals surface area contributed by atoms with Crippen LogP contribution in [0.5, 0.6) is 0 Å². The number of nitrogens with one attached hydrogen (secondary N) is 1. The average Bonchev–Trinajstić information content (AvgIpc) is 2.50. The van der Waals surface area contributed by atoms with Gasteiger partial charge in [0.05, 0.1) is 0 Å². The molecule has 2 atom stereocenters. The van der Waals surface area contributed by atoms with Crippen LogP contribution >= 0.6 is 27.5 Å². The zero-order valence-corrected chi connectivity index (χ0v) is 14.7.